The van der Waals surface area contributed by atoms with E-state index in [0.717, 1.165) is 4.88 Å². The summed E-state index contributed by atoms with van der Waals surface area (Å²) in [4.78, 5) is 11.4. The van der Waals surface area contributed by atoms with Gasteiger partial charge >= 0.3 is 0 Å². The molecule has 1 heterocycles. The van der Waals surface area contributed by atoms with E-state index in [4.69, 9.17) is 5.11 Å². The van der Waals surface area contributed by atoms with Crippen LogP contribution in [0.5, 0.6) is 0 Å². The van der Waals surface area contributed by atoms with E-state index < -0.39 is 12.5 Å². The lowest BCUT2D eigenvalue weighted by molar-refractivity contribution is -0.123. The Labute approximate surface area is 73.5 Å². The van der Waals surface area contributed by atoms with Crippen molar-refractivity contribution in [1.82, 2.24) is 5.43 Å². The van der Waals surface area contributed by atoms with Gasteiger partial charge < -0.3 is 5.11 Å². The van der Waals surface area contributed by atoms with Crippen molar-refractivity contribution in [3.63, 3.8) is 0 Å². The first-order valence-corrected chi connectivity index (χ1v) is 4.17. The van der Waals surface area contributed by atoms with Crippen molar-refractivity contribution in [2.24, 2.45) is 5.10 Å². The van der Waals surface area contributed by atoms with Gasteiger partial charge in [-0.1, -0.05) is 6.07 Å². The summed E-state index contributed by atoms with van der Waals surface area (Å²) < 4.78 is 0. The number of nitrogens with zero attached hydrogens (tertiary/aromatic N) is 1. The van der Waals surface area contributed by atoms with Crippen molar-refractivity contribution in [2.75, 3.05) is 6.61 Å². The molecular weight excluding hydrogens is 176 g/mol. The van der Waals surface area contributed by atoms with E-state index >= 15 is 0 Å². The summed E-state index contributed by atoms with van der Waals surface area (Å²) in [6.07, 6.45) is 1.53. The van der Waals surface area contributed by atoms with Crippen LogP contribution in [0, 0.1) is 0 Å². The molecule has 0 bridgehead atoms. The number of rotatable bonds is 3. The number of hydrogen-bond acceptors (Lipinski definition) is 4. The fourth-order valence-corrected chi connectivity index (χ4v) is 1.15. The first-order chi connectivity index (χ1) is 5.83. The molecule has 1 aromatic heterocycles. The lowest BCUT2D eigenvalue weighted by atomic mass is 10.5. The predicted octanol–water partition coefficient (Wildman–Crippen LogP) is 0.190. The second-order valence-corrected chi connectivity index (χ2v) is 2.95. The van der Waals surface area contributed by atoms with E-state index in [1.54, 1.807) is 0 Å². The molecule has 0 fully saturated rings. The molecule has 1 amide bonds. The average molecular weight is 184 g/mol. The molecule has 4 nitrogen and oxygen atoms in total. The van der Waals surface area contributed by atoms with Gasteiger partial charge in [-0.15, -0.1) is 11.3 Å². The topological polar surface area (TPSA) is 61.7 Å². The lowest BCUT2D eigenvalue weighted by Gasteiger charge is -1.91. The SMILES string of the molecule is O=C(CO)NN=Cc1cccs1. The van der Waals surface area contributed by atoms with Gasteiger partial charge in [0.1, 0.15) is 6.61 Å². The Morgan fingerprint density at radius 1 is 1.83 bits per heavy atom. The molecule has 1 aromatic rings. The minimum absolute atomic E-state index is 0.511. The number of amides is 1. The Kier molecular flexibility index (Phi) is 3.43. The molecule has 0 spiro atoms. The molecule has 64 valence electrons. The smallest absolute Gasteiger partial charge is 0.265 e. The first kappa shape index (κ1) is 8.89. The predicted molar refractivity (Wildman–Crippen MR) is 47.1 cm³/mol. The Hall–Kier alpha value is -1.20. The van der Waals surface area contributed by atoms with Crippen LogP contribution in [0.2, 0.25) is 0 Å². The van der Waals surface area contributed by atoms with Crippen molar-refractivity contribution in [3.05, 3.63) is 22.4 Å². The van der Waals surface area contributed by atoms with Gasteiger partial charge in [0.05, 0.1) is 6.21 Å². The van der Waals surface area contributed by atoms with Crippen LogP contribution in [-0.2, 0) is 4.79 Å². The minimum atomic E-state index is -0.540. The second-order valence-electron chi connectivity index (χ2n) is 1.97. The third kappa shape index (κ3) is 2.81. The van der Waals surface area contributed by atoms with E-state index in [2.05, 4.69) is 10.5 Å². The zero-order valence-corrected chi connectivity index (χ0v) is 7.04. The van der Waals surface area contributed by atoms with Crippen LogP contribution in [0.25, 0.3) is 0 Å². The normalized spacial score (nSPS) is 10.4. The zero-order valence-electron chi connectivity index (χ0n) is 6.23. The van der Waals surface area contributed by atoms with Crippen molar-refractivity contribution in [3.8, 4) is 0 Å². The minimum Gasteiger partial charge on any atom is -0.386 e. The molecular formula is C7H8N2O2S. The summed E-state index contributed by atoms with van der Waals surface area (Å²) in [6, 6.07) is 3.76. The maximum atomic E-state index is 10.5. The van der Waals surface area contributed by atoms with Crippen LogP contribution in [0.15, 0.2) is 22.6 Å². The number of thiophene rings is 1. The first-order valence-electron chi connectivity index (χ1n) is 3.29. The van der Waals surface area contributed by atoms with Crippen LogP contribution in [0.3, 0.4) is 0 Å². The maximum absolute atomic E-state index is 10.5. The van der Waals surface area contributed by atoms with Gasteiger partial charge in [0.25, 0.3) is 5.91 Å². The average Bonchev–Trinajstić information content (AvgIpc) is 2.57. The number of hydrazone groups is 1. The molecule has 1 rings (SSSR count). The molecule has 0 aliphatic heterocycles. The van der Waals surface area contributed by atoms with Gasteiger partial charge in [-0.2, -0.15) is 5.10 Å². The molecule has 12 heavy (non-hydrogen) atoms. The summed E-state index contributed by atoms with van der Waals surface area (Å²) in [5.74, 6) is -0.511. The molecule has 5 heteroatoms. The summed E-state index contributed by atoms with van der Waals surface area (Å²) in [5.41, 5.74) is 2.16. The third-order valence-electron chi connectivity index (χ3n) is 1.07. The summed E-state index contributed by atoms with van der Waals surface area (Å²) >= 11 is 1.52. The molecule has 0 atom stereocenters. The van der Waals surface area contributed by atoms with Gasteiger partial charge in [-0.3, -0.25) is 4.79 Å². The van der Waals surface area contributed by atoms with Crippen LogP contribution in [0.1, 0.15) is 4.88 Å². The number of aliphatic hydroxyl groups is 1. The number of aliphatic hydroxyl groups excluding tert-OH is 1. The van der Waals surface area contributed by atoms with E-state index in [1.165, 1.54) is 17.6 Å². The highest BCUT2D eigenvalue weighted by atomic mass is 32.1. The van der Waals surface area contributed by atoms with E-state index in [9.17, 15) is 4.79 Å². The standard InChI is InChI=1S/C7H8N2O2S/c10-5-7(11)9-8-4-6-2-1-3-12-6/h1-4,10H,5H2,(H,9,11). The van der Waals surface area contributed by atoms with Gasteiger partial charge in [0, 0.05) is 4.88 Å². The number of hydrogen-bond donors (Lipinski definition) is 2. The highest BCUT2D eigenvalue weighted by molar-refractivity contribution is 7.11. The van der Waals surface area contributed by atoms with Crippen LogP contribution >= 0.6 is 11.3 Å². The molecule has 0 aliphatic carbocycles. The lowest BCUT2D eigenvalue weighted by Crippen LogP contribution is -2.20. The number of nitrogens with one attached hydrogen (secondary N) is 1. The van der Waals surface area contributed by atoms with Gasteiger partial charge in [0.2, 0.25) is 0 Å². The van der Waals surface area contributed by atoms with Crippen molar-refractivity contribution < 1.29 is 9.90 Å². The summed E-state index contributed by atoms with van der Waals surface area (Å²) in [7, 11) is 0. The summed E-state index contributed by atoms with van der Waals surface area (Å²) in [5, 5.41) is 13.8. The fourth-order valence-electron chi connectivity index (χ4n) is 0.568. The van der Waals surface area contributed by atoms with Crippen molar-refractivity contribution >= 4 is 23.5 Å². The number of carbonyl (C=O) groups excluding carboxylic acids is 1. The second kappa shape index (κ2) is 4.63. The Morgan fingerprint density at radius 3 is 3.25 bits per heavy atom. The molecule has 0 aliphatic rings. The van der Waals surface area contributed by atoms with Crippen molar-refractivity contribution in [2.45, 2.75) is 0 Å². The zero-order chi connectivity index (χ0) is 8.81. The Balaban J connectivity index is 2.37. The third-order valence-corrected chi connectivity index (χ3v) is 1.87. The highest BCUT2D eigenvalue weighted by Gasteiger charge is 1.92. The van der Waals surface area contributed by atoms with Crippen LogP contribution < -0.4 is 5.43 Å². The fraction of sp³-hybridized carbons (Fsp3) is 0.143. The van der Waals surface area contributed by atoms with Crippen LogP contribution in [-0.4, -0.2) is 23.8 Å². The van der Waals surface area contributed by atoms with E-state index in [-0.39, 0.29) is 0 Å². The molecule has 0 radical (unpaired) electrons. The van der Waals surface area contributed by atoms with Gasteiger partial charge in [-0.25, -0.2) is 5.43 Å². The van der Waals surface area contributed by atoms with Gasteiger partial charge in [-0.05, 0) is 11.4 Å². The number of carbonyl (C=O) groups is 1. The quantitative estimate of drug-likeness (QED) is 0.520. The van der Waals surface area contributed by atoms with E-state index in [1.807, 2.05) is 17.5 Å². The molecule has 0 aromatic carbocycles. The summed E-state index contributed by atoms with van der Waals surface area (Å²) in [6.45, 7) is -0.540. The molecule has 0 unspecified atom stereocenters. The Bertz CT molecular complexity index is 269. The monoisotopic (exact) mass is 184 g/mol. The van der Waals surface area contributed by atoms with Crippen molar-refractivity contribution in [1.29, 1.82) is 0 Å². The highest BCUT2D eigenvalue weighted by Crippen LogP contribution is 2.03. The molecule has 2 N–H and O–H groups in total. The molecule has 0 saturated carbocycles. The van der Waals surface area contributed by atoms with E-state index in [0.29, 0.717) is 0 Å². The van der Waals surface area contributed by atoms with Gasteiger partial charge in [0.15, 0.2) is 0 Å². The maximum Gasteiger partial charge on any atom is 0.265 e. The largest absolute Gasteiger partial charge is 0.386 e. The van der Waals surface area contributed by atoms with Crippen LogP contribution in [0.4, 0.5) is 0 Å². The molecule has 0 saturated heterocycles. The Morgan fingerprint density at radius 2 is 2.67 bits per heavy atom.